The molecule has 1 aromatic carbocycles. The molecule has 4 nitrogen and oxygen atoms in total. The number of nitrogens with zero attached hydrogens (tertiary/aromatic N) is 1. The maximum Gasteiger partial charge on any atom is 0.227 e. The van der Waals surface area contributed by atoms with Gasteiger partial charge in [0, 0.05) is 24.9 Å². The van der Waals surface area contributed by atoms with Crippen LogP contribution in [0.15, 0.2) is 18.2 Å². The van der Waals surface area contributed by atoms with E-state index >= 15 is 0 Å². The molecule has 1 heterocycles. The molecule has 0 saturated heterocycles. The van der Waals surface area contributed by atoms with Crippen LogP contribution in [0.3, 0.4) is 0 Å². The van der Waals surface area contributed by atoms with Crippen LogP contribution in [0.25, 0.3) is 0 Å². The molecule has 1 amide bonds. The lowest BCUT2D eigenvalue weighted by Crippen LogP contribution is -2.38. The SMILES string of the molecule is COc1cccc2c1N(C(=O)CC(C)C)CCC2=O. The Morgan fingerprint density at radius 3 is 2.79 bits per heavy atom. The number of ketones is 1. The molecule has 1 aliphatic rings. The number of carbonyl (C=O) groups is 2. The third-order valence-electron chi connectivity index (χ3n) is 3.24. The fourth-order valence-corrected chi connectivity index (χ4v) is 2.36. The number of rotatable bonds is 3. The fraction of sp³-hybridized carbons (Fsp3) is 0.467. The van der Waals surface area contributed by atoms with Crippen molar-refractivity contribution in [3.05, 3.63) is 23.8 Å². The van der Waals surface area contributed by atoms with Crippen LogP contribution in [0.4, 0.5) is 5.69 Å². The minimum atomic E-state index is 0.0493. The van der Waals surface area contributed by atoms with Crippen molar-refractivity contribution in [2.75, 3.05) is 18.6 Å². The lowest BCUT2D eigenvalue weighted by molar-refractivity contribution is -0.119. The first-order chi connectivity index (χ1) is 9.04. The molecule has 0 saturated carbocycles. The Kier molecular flexibility index (Phi) is 3.88. The van der Waals surface area contributed by atoms with Crippen molar-refractivity contribution in [1.82, 2.24) is 0 Å². The number of ether oxygens (including phenoxy) is 1. The summed E-state index contributed by atoms with van der Waals surface area (Å²) in [6.07, 6.45) is 0.857. The molecule has 0 atom stereocenters. The fourth-order valence-electron chi connectivity index (χ4n) is 2.36. The number of methoxy groups -OCH3 is 1. The molecule has 0 aromatic heterocycles. The quantitative estimate of drug-likeness (QED) is 0.840. The van der Waals surface area contributed by atoms with Gasteiger partial charge in [-0.1, -0.05) is 19.9 Å². The summed E-state index contributed by atoms with van der Waals surface area (Å²) < 4.78 is 5.30. The first kappa shape index (κ1) is 13.6. The number of fused-ring (bicyclic) bond motifs is 1. The van der Waals surface area contributed by atoms with Gasteiger partial charge >= 0.3 is 0 Å². The van der Waals surface area contributed by atoms with Gasteiger partial charge in [0.25, 0.3) is 0 Å². The highest BCUT2D eigenvalue weighted by Gasteiger charge is 2.30. The normalized spacial score (nSPS) is 14.5. The van der Waals surface area contributed by atoms with E-state index in [1.165, 1.54) is 0 Å². The van der Waals surface area contributed by atoms with E-state index < -0.39 is 0 Å². The molecule has 0 fully saturated rings. The smallest absolute Gasteiger partial charge is 0.227 e. The molecule has 19 heavy (non-hydrogen) atoms. The Labute approximate surface area is 113 Å². The Hall–Kier alpha value is -1.84. The van der Waals surface area contributed by atoms with Gasteiger partial charge in [0.15, 0.2) is 5.78 Å². The summed E-state index contributed by atoms with van der Waals surface area (Å²) in [5.74, 6) is 1.00. The number of carbonyl (C=O) groups excluding carboxylic acids is 2. The Morgan fingerprint density at radius 1 is 1.42 bits per heavy atom. The van der Waals surface area contributed by atoms with Crippen molar-refractivity contribution in [2.24, 2.45) is 5.92 Å². The van der Waals surface area contributed by atoms with E-state index in [2.05, 4.69) is 0 Å². The van der Waals surface area contributed by atoms with Gasteiger partial charge in [0.2, 0.25) is 5.91 Å². The van der Waals surface area contributed by atoms with Crippen molar-refractivity contribution in [3.8, 4) is 5.75 Å². The van der Waals surface area contributed by atoms with Gasteiger partial charge in [-0.3, -0.25) is 9.59 Å². The third kappa shape index (κ3) is 2.62. The van der Waals surface area contributed by atoms with Gasteiger partial charge < -0.3 is 9.64 Å². The van der Waals surface area contributed by atoms with Crippen LogP contribution in [-0.4, -0.2) is 25.3 Å². The van der Waals surface area contributed by atoms with Gasteiger partial charge in [-0.05, 0) is 18.1 Å². The summed E-state index contributed by atoms with van der Waals surface area (Å²) in [7, 11) is 1.56. The van der Waals surface area contributed by atoms with Crippen LogP contribution in [0.2, 0.25) is 0 Å². The predicted octanol–water partition coefficient (Wildman–Crippen LogP) is 2.66. The summed E-state index contributed by atoms with van der Waals surface area (Å²) >= 11 is 0. The monoisotopic (exact) mass is 261 g/mol. The average molecular weight is 261 g/mol. The van der Waals surface area contributed by atoms with Crippen LogP contribution in [0.5, 0.6) is 5.75 Å². The second-order valence-corrected chi connectivity index (χ2v) is 5.17. The molecular weight excluding hydrogens is 242 g/mol. The van der Waals surface area contributed by atoms with Crippen molar-refractivity contribution in [1.29, 1.82) is 0 Å². The Bertz CT molecular complexity index is 508. The third-order valence-corrected chi connectivity index (χ3v) is 3.24. The Morgan fingerprint density at radius 2 is 2.16 bits per heavy atom. The summed E-state index contributed by atoms with van der Waals surface area (Å²) in [5.41, 5.74) is 1.22. The van der Waals surface area contributed by atoms with Crippen molar-refractivity contribution < 1.29 is 14.3 Å². The molecule has 102 valence electrons. The first-order valence-corrected chi connectivity index (χ1v) is 6.55. The molecule has 0 N–H and O–H groups in total. The second kappa shape index (κ2) is 5.43. The number of anilines is 1. The molecule has 0 aliphatic carbocycles. The molecule has 0 spiro atoms. The van der Waals surface area contributed by atoms with Crippen molar-refractivity contribution >= 4 is 17.4 Å². The molecule has 0 bridgehead atoms. The standard InChI is InChI=1S/C15H19NO3/c1-10(2)9-14(18)16-8-7-12(17)11-5-4-6-13(19-3)15(11)16/h4-6,10H,7-9H2,1-3H3. The zero-order valence-corrected chi connectivity index (χ0v) is 11.6. The maximum absolute atomic E-state index is 12.3. The topological polar surface area (TPSA) is 46.6 Å². The van der Waals surface area contributed by atoms with E-state index in [0.29, 0.717) is 42.3 Å². The van der Waals surface area contributed by atoms with Crippen LogP contribution in [-0.2, 0) is 4.79 Å². The van der Waals surface area contributed by atoms with Crippen molar-refractivity contribution in [2.45, 2.75) is 26.7 Å². The first-order valence-electron chi connectivity index (χ1n) is 6.55. The van der Waals surface area contributed by atoms with Crippen LogP contribution in [0.1, 0.15) is 37.0 Å². The number of benzene rings is 1. The molecule has 0 radical (unpaired) electrons. The van der Waals surface area contributed by atoms with Gasteiger partial charge in [0.05, 0.1) is 12.8 Å². The van der Waals surface area contributed by atoms with E-state index in [0.717, 1.165) is 0 Å². The summed E-state index contributed by atoms with van der Waals surface area (Å²) in [4.78, 5) is 25.9. The lowest BCUT2D eigenvalue weighted by atomic mass is 9.98. The van der Waals surface area contributed by atoms with E-state index in [9.17, 15) is 9.59 Å². The van der Waals surface area contributed by atoms with Gasteiger partial charge in [-0.15, -0.1) is 0 Å². The van der Waals surface area contributed by atoms with Gasteiger partial charge in [-0.2, -0.15) is 0 Å². The molecule has 1 aromatic rings. The largest absolute Gasteiger partial charge is 0.495 e. The number of amides is 1. The molecule has 4 heteroatoms. The highest BCUT2D eigenvalue weighted by atomic mass is 16.5. The highest BCUT2D eigenvalue weighted by Crippen LogP contribution is 2.36. The molecule has 1 aliphatic heterocycles. The maximum atomic E-state index is 12.3. The average Bonchev–Trinajstić information content (AvgIpc) is 2.37. The highest BCUT2D eigenvalue weighted by molar-refractivity contribution is 6.10. The van der Waals surface area contributed by atoms with Crippen molar-refractivity contribution in [3.63, 3.8) is 0 Å². The zero-order chi connectivity index (χ0) is 14.0. The van der Waals surface area contributed by atoms with E-state index in [1.54, 1.807) is 30.2 Å². The summed E-state index contributed by atoms with van der Waals surface area (Å²) in [6, 6.07) is 5.33. The zero-order valence-electron chi connectivity index (χ0n) is 11.6. The van der Waals surface area contributed by atoms with E-state index in [1.807, 2.05) is 13.8 Å². The summed E-state index contributed by atoms with van der Waals surface area (Å²) in [5, 5.41) is 0. The number of para-hydroxylation sites is 1. The van der Waals surface area contributed by atoms with Crippen LogP contribution < -0.4 is 9.64 Å². The number of hydrogen-bond acceptors (Lipinski definition) is 3. The molecule has 0 unspecified atom stereocenters. The van der Waals surface area contributed by atoms with Crippen LogP contribution >= 0.6 is 0 Å². The molecule has 2 rings (SSSR count). The lowest BCUT2D eigenvalue weighted by Gasteiger charge is -2.30. The van der Waals surface area contributed by atoms with Crippen LogP contribution in [0, 0.1) is 5.92 Å². The minimum absolute atomic E-state index is 0.0493. The number of Topliss-reactive ketones (excluding diaryl/α,β-unsaturated/α-hetero) is 1. The van der Waals surface area contributed by atoms with Gasteiger partial charge in [0.1, 0.15) is 5.75 Å². The molecular formula is C15H19NO3. The number of hydrogen-bond donors (Lipinski definition) is 0. The van der Waals surface area contributed by atoms with Gasteiger partial charge in [-0.25, -0.2) is 0 Å². The predicted molar refractivity (Wildman–Crippen MR) is 73.7 cm³/mol. The summed E-state index contributed by atoms with van der Waals surface area (Å²) in [6.45, 7) is 4.46. The minimum Gasteiger partial charge on any atom is -0.495 e. The Balaban J connectivity index is 2.43. The van der Waals surface area contributed by atoms with E-state index in [4.69, 9.17) is 4.74 Å². The second-order valence-electron chi connectivity index (χ2n) is 5.17. The van der Waals surface area contributed by atoms with E-state index in [-0.39, 0.29) is 11.7 Å².